The zero-order valence-electron chi connectivity index (χ0n) is 22.5. The summed E-state index contributed by atoms with van der Waals surface area (Å²) in [6.07, 6.45) is 3.98. The highest BCUT2D eigenvalue weighted by molar-refractivity contribution is 7.90. The Balaban J connectivity index is 1.55. The number of carbonyl (C=O) groups is 1. The molecule has 2 N–H and O–H groups in total. The number of hydrogen-bond donors (Lipinski definition) is 1. The molecule has 1 aromatic heterocycles. The summed E-state index contributed by atoms with van der Waals surface area (Å²) >= 11 is 7.36. The van der Waals surface area contributed by atoms with Crippen LogP contribution in [-0.2, 0) is 16.4 Å². The fourth-order valence-corrected chi connectivity index (χ4v) is 7.44. The van der Waals surface area contributed by atoms with Gasteiger partial charge in [0.15, 0.2) is 9.84 Å². The van der Waals surface area contributed by atoms with Gasteiger partial charge in [0, 0.05) is 30.4 Å². The van der Waals surface area contributed by atoms with Crippen LogP contribution in [0.4, 0.5) is 8.78 Å². The van der Waals surface area contributed by atoms with Crippen molar-refractivity contribution < 1.29 is 26.7 Å². The Kier molecular flexibility index (Phi) is 8.39. The average molecular weight is 619 g/mol. The van der Waals surface area contributed by atoms with E-state index in [9.17, 15) is 22.0 Å². The molecule has 0 radical (unpaired) electrons. The Morgan fingerprint density at radius 3 is 2.27 bits per heavy atom. The molecule has 3 aromatic carbocycles. The molecule has 5 rings (SSSR count). The summed E-state index contributed by atoms with van der Waals surface area (Å²) in [6.45, 7) is 0.159. The number of fused-ring (bicyclic) bond motifs is 1. The van der Waals surface area contributed by atoms with Gasteiger partial charge in [0.05, 0.1) is 27.1 Å². The third-order valence-corrected chi connectivity index (χ3v) is 10.4. The number of nitrogens with two attached hydrogens (primary N) is 1. The Morgan fingerprint density at radius 2 is 1.66 bits per heavy atom. The van der Waals surface area contributed by atoms with Crippen LogP contribution in [0.25, 0.3) is 21.2 Å². The number of methoxy groups -OCH3 is 1. The number of halogens is 3. The molecule has 216 valence electrons. The predicted octanol–water partition coefficient (Wildman–Crippen LogP) is 6.82. The zero-order valence-corrected chi connectivity index (χ0v) is 24.9. The minimum Gasteiger partial charge on any atom is -0.496 e. The summed E-state index contributed by atoms with van der Waals surface area (Å²) in [5, 5.41) is -0.195. The Morgan fingerprint density at radius 1 is 1.02 bits per heavy atom. The summed E-state index contributed by atoms with van der Waals surface area (Å²) in [7, 11) is -1.80. The predicted molar refractivity (Wildman–Crippen MR) is 158 cm³/mol. The first-order chi connectivity index (χ1) is 19.5. The molecule has 1 fully saturated rings. The van der Waals surface area contributed by atoms with E-state index in [0.29, 0.717) is 18.6 Å². The van der Waals surface area contributed by atoms with E-state index in [-0.39, 0.29) is 43.5 Å². The second-order valence-electron chi connectivity index (χ2n) is 10.3. The molecule has 1 aliphatic carbocycles. The monoisotopic (exact) mass is 618 g/mol. The summed E-state index contributed by atoms with van der Waals surface area (Å²) in [4.78, 5) is 16.1. The van der Waals surface area contributed by atoms with E-state index in [1.54, 1.807) is 42.3 Å². The number of thiophene rings is 1. The fourth-order valence-electron chi connectivity index (χ4n) is 5.31. The smallest absolute Gasteiger partial charge is 0.266 e. The van der Waals surface area contributed by atoms with Crippen LogP contribution < -0.4 is 10.5 Å². The first kappa shape index (κ1) is 29.4. The Bertz CT molecular complexity index is 1720. The SMILES string of the molecule is COc1ccc(-c2ccc(S(C)(=O)=O)cc2)cc1CN(C(=O)c1sc2c(F)ccc(F)c2c1Cl)[C@H]1CC[C@@H](N)CC1. The molecule has 0 aliphatic heterocycles. The molecular formula is C30H29ClF2N2O4S2. The molecule has 1 amide bonds. The lowest BCUT2D eigenvalue weighted by Crippen LogP contribution is -2.43. The molecule has 1 saturated carbocycles. The number of ether oxygens (including phenoxy) is 1. The molecule has 0 saturated heterocycles. The van der Waals surface area contributed by atoms with E-state index < -0.39 is 27.4 Å². The van der Waals surface area contributed by atoms with E-state index in [4.69, 9.17) is 22.1 Å². The number of benzene rings is 3. The number of rotatable bonds is 7. The third kappa shape index (κ3) is 5.97. The highest BCUT2D eigenvalue weighted by Gasteiger charge is 2.32. The zero-order chi connectivity index (χ0) is 29.5. The molecule has 4 aromatic rings. The Labute approximate surface area is 246 Å². The minimum absolute atomic E-state index is 0.00100. The molecule has 0 bridgehead atoms. The van der Waals surface area contributed by atoms with Crippen molar-refractivity contribution in [3.05, 3.63) is 81.7 Å². The quantitative estimate of drug-likeness (QED) is 0.245. The van der Waals surface area contributed by atoms with Crippen LogP contribution >= 0.6 is 22.9 Å². The lowest BCUT2D eigenvalue weighted by atomic mass is 9.90. The van der Waals surface area contributed by atoms with Gasteiger partial charge in [-0.15, -0.1) is 11.3 Å². The van der Waals surface area contributed by atoms with Gasteiger partial charge in [0.25, 0.3) is 5.91 Å². The maximum absolute atomic E-state index is 14.6. The molecule has 41 heavy (non-hydrogen) atoms. The van der Waals surface area contributed by atoms with Gasteiger partial charge >= 0.3 is 0 Å². The topological polar surface area (TPSA) is 89.7 Å². The van der Waals surface area contributed by atoms with Gasteiger partial charge in [-0.05, 0) is 73.2 Å². The summed E-state index contributed by atoms with van der Waals surface area (Å²) in [5.74, 6) is -1.18. The van der Waals surface area contributed by atoms with Crippen molar-refractivity contribution in [1.29, 1.82) is 0 Å². The normalized spacial score (nSPS) is 17.5. The van der Waals surface area contributed by atoms with Gasteiger partial charge in [-0.1, -0.05) is 29.8 Å². The first-order valence-corrected chi connectivity index (χ1v) is 16.2. The number of nitrogens with zero attached hydrogens (tertiary/aromatic N) is 1. The minimum atomic E-state index is -3.34. The number of sulfone groups is 1. The number of hydrogen-bond acceptors (Lipinski definition) is 6. The molecular weight excluding hydrogens is 590 g/mol. The van der Waals surface area contributed by atoms with E-state index in [1.165, 1.54) is 0 Å². The van der Waals surface area contributed by atoms with Crippen LogP contribution in [0.3, 0.4) is 0 Å². The number of amides is 1. The lowest BCUT2D eigenvalue weighted by molar-refractivity contribution is 0.0610. The number of carbonyl (C=O) groups excluding carboxylic acids is 1. The van der Waals surface area contributed by atoms with Crippen LogP contribution in [0.1, 0.15) is 40.9 Å². The van der Waals surface area contributed by atoms with Crippen molar-refractivity contribution in [2.75, 3.05) is 13.4 Å². The summed E-state index contributed by atoms with van der Waals surface area (Å²) in [5.41, 5.74) is 8.47. The van der Waals surface area contributed by atoms with Crippen molar-refractivity contribution in [3.8, 4) is 16.9 Å². The Hall–Kier alpha value is -3.05. The van der Waals surface area contributed by atoms with Crippen LogP contribution in [0, 0.1) is 11.6 Å². The van der Waals surface area contributed by atoms with Crippen molar-refractivity contribution in [2.45, 2.75) is 49.2 Å². The van der Waals surface area contributed by atoms with E-state index >= 15 is 0 Å². The average Bonchev–Trinajstić information content (AvgIpc) is 3.31. The van der Waals surface area contributed by atoms with Gasteiger partial charge < -0.3 is 15.4 Å². The molecule has 1 heterocycles. The lowest BCUT2D eigenvalue weighted by Gasteiger charge is -2.36. The van der Waals surface area contributed by atoms with Crippen molar-refractivity contribution in [2.24, 2.45) is 5.73 Å². The molecule has 6 nitrogen and oxygen atoms in total. The highest BCUT2D eigenvalue weighted by Crippen LogP contribution is 2.40. The molecule has 11 heteroatoms. The van der Waals surface area contributed by atoms with Crippen molar-refractivity contribution in [1.82, 2.24) is 4.90 Å². The van der Waals surface area contributed by atoms with Crippen LogP contribution in [0.5, 0.6) is 5.75 Å². The molecule has 0 unspecified atom stereocenters. The summed E-state index contributed by atoms with van der Waals surface area (Å²) < 4.78 is 58.6. The van der Waals surface area contributed by atoms with Crippen LogP contribution in [-0.4, -0.2) is 44.7 Å². The standard InChI is InChI=1S/C30H29ClF2N2O4S2/c1-39-25-14-5-18(17-3-10-22(11-4-17)41(2,37)38)15-19(25)16-35(21-8-6-20(34)7-9-21)30(36)29-27(31)26-23(32)12-13-24(33)28(26)40-29/h3-5,10-15,20-21H,6-9,16,34H2,1-2H3/t20-,21+. The first-order valence-electron chi connectivity index (χ1n) is 13.1. The highest BCUT2D eigenvalue weighted by atomic mass is 35.5. The van der Waals surface area contributed by atoms with Gasteiger partial charge in [-0.3, -0.25) is 4.79 Å². The van der Waals surface area contributed by atoms with Gasteiger partial charge in [0.1, 0.15) is 22.3 Å². The van der Waals surface area contributed by atoms with Crippen LogP contribution in [0.15, 0.2) is 59.5 Å². The van der Waals surface area contributed by atoms with Crippen molar-refractivity contribution in [3.63, 3.8) is 0 Å². The fraction of sp³-hybridized carbons (Fsp3) is 0.300. The molecule has 0 spiro atoms. The van der Waals surface area contributed by atoms with E-state index in [1.807, 2.05) is 12.1 Å². The summed E-state index contributed by atoms with van der Waals surface area (Å²) in [6, 6.07) is 14.0. The van der Waals surface area contributed by atoms with E-state index in [0.717, 1.165) is 59.3 Å². The second-order valence-corrected chi connectivity index (χ2v) is 13.7. The molecule has 1 aliphatic rings. The van der Waals surface area contributed by atoms with Gasteiger partial charge in [0.2, 0.25) is 0 Å². The molecule has 0 atom stereocenters. The van der Waals surface area contributed by atoms with Crippen LogP contribution in [0.2, 0.25) is 5.02 Å². The van der Waals surface area contributed by atoms with E-state index in [2.05, 4.69) is 0 Å². The van der Waals surface area contributed by atoms with Gasteiger partial charge in [-0.25, -0.2) is 17.2 Å². The third-order valence-electron chi connectivity index (χ3n) is 7.56. The second kappa shape index (κ2) is 11.7. The maximum atomic E-state index is 14.6. The largest absolute Gasteiger partial charge is 0.496 e. The van der Waals surface area contributed by atoms with Crippen molar-refractivity contribution >= 4 is 48.8 Å². The van der Waals surface area contributed by atoms with Gasteiger partial charge in [-0.2, -0.15) is 0 Å². The maximum Gasteiger partial charge on any atom is 0.266 e.